The van der Waals surface area contributed by atoms with E-state index in [9.17, 15) is 0 Å². The van der Waals surface area contributed by atoms with E-state index in [1.165, 1.54) is 24.0 Å². The summed E-state index contributed by atoms with van der Waals surface area (Å²) in [6, 6.07) is 8.60. The van der Waals surface area contributed by atoms with E-state index in [4.69, 9.17) is 14.2 Å². The minimum Gasteiger partial charge on any atom is -0.376 e. The molecule has 1 aromatic carbocycles. The molecule has 168 valence electrons. The molecule has 2 heterocycles. The number of nitrogens with zero attached hydrogens (tertiary/aromatic N) is 2. The Hall–Kier alpha value is -1.63. The fourth-order valence-electron chi connectivity index (χ4n) is 3.95. The molecular formula is C24H39N3O3. The second-order valence-electron chi connectivity index (χ2n) is 8.59. The Bertz CT molecular complexity index is 634. The highest BCUT2D eigenvalue weighted by atomic mass is 16.5. The van der Waals surface area contributed by atoms with E-state index < -0.39 is 0 Å². The number of rotatable bonds is 8. The molecule has 0 spiro atoms. The molecule has 0 bridgehead atoms. The Morgan fingerprint density at radius 3 is 2.50 bits per heavy atom. The maximum atomic E-state index is 6.14. The number of ether oxygens (including phenoxy) is 3. The average molecular weight is 418 g/mol. The number of benzene rings is 1. The molecule has 6 heteroatoms. The van der Waals surface area contributed by atoms with E-state index in [2.05, 4.69) is 53.3 Å². The van der Waals surface area contributed by atoms with Gasteiger partial charge >= 0.3 is 0 Å². The molecule has 3 rings (SSSR count). The summed E-state index contributed by atoms with van der Waals surface area (Å²) in [5, 5.41) is 3.51. The highest BCUT2D eigenvalue weighted by Crippen LogP contribution is 2.18. The first-order valence-corrected chi connectivity index (χ1v) is 11.5. The summed E-state index contributed by atoms with van der Waals surface area (Å²) in [7, 11) is 1.86. The van der Waals surface area contributed by atoms with Crippen molar-refractivity contribution in [1.29, 1.82) is 0 Å². The van der Waals surface area contributed by atoms with Crippen LogP contribution < -0.4 is 5.32 Å². The third-order valence-electron chi connectivity index (χ3n) is 5.80. The second-order valence-corrected chi connectivity index (χ2v) is 8.59. The van der Waals surface area contributed by atoms with Crippen LogP contribution in [0.4, 0.5) is 0 Å². The monoisotopic (exact) mass is 417 g/mol. The van der Waals surface area contributed by atoms with E-state index in [0.717, 1.165) is 58.1 Å². The van der Waals surface area contributed by atoms with Crippen LogP contribution in [0, 0.1) is 0 Å². The molecule has 2 saturated heterocycles. The predicted molar refractivity (Wildman–Crippen MR) is 121 cm³/mol. The van der Waals surface area contributed by atoms with E-state index in [1.807, 2.05) is 7.05 Å². The van der Waals surface area contributed by atoms with Crippen LogP contribution in [-0.4, -0.2) is 62.5 Å². The quantitative estimate of drug-likeness (QED) is 0.516. The highest BCUT2D eigenvalue weighted by molar-refractivity contribution is 5.79. The molecule has 0 aliphatic carbocycles. The lowest BCUT2D eigenvalue weighted by Crippen LogP contribution is -2.47. The van der Waals surface area contributed by atoms with Crippen molar-refractivity contribution in [2.75, 3.05) is 33.4 Å². The minimum atomic E-state index is 0.254. The standard InChI is InChI=1S/C24H39N3O3/c1-19(2)29-17-21-9-7-20(8-10-21)16-26-24(25-3)27-13-11-22(12-14-27)30-18-23-6-4-5-15-28-23/h7-10,19,22-23H,4-6,11-18H2,1-3H3,(H,25,26). The molecule has 0 aromatic heterocycles. The van der Waals surface area contributed by atoms with E-state index in [1.54, 1.807) is 0 Å². The smallest absolute Gasteiger partial charge is 0.193 e. The van der Waals surface area contributed by atoms with Crippen LogP contribution in [0.2, 0.25) is 0 Å². The van der Waals surface area contributed by atoms with Gasteiger partial charge in [0.05, 0.1) is 31.5 Å². The number of guanidine groups is 1. The molecular weight excluding hydrogens is 378 g/mol. The molecule has 0 saturated carbocycles. The van der Waals surface area contributed by atoms with Gasteiger partial charge in [-0.15, -0.1) is 0 Å². The molecule has 1 N–H and O–H groups in total. The Morgan fingerprint density at radius 2 is 1.87 bits per heavy atom. The molecule has 6 nitrogen and oxygen atoms in total. The lowest BCUT2D eigenvalue weighted by Gasteiger charge is -2.35. The van der Waals surface area contributed by atoms with Crippen LogP contribution in [0.15, 0.2) is 29.3 Å². The summed E-state index contributed by atoms with van der Waals surface area (Å²) in [6.45, 7) is 9.14. The van der Waals surface area contributed by atoms with Gasteiger partial charge in [0.1, 0.15) is 0 Å². The van der Waals surface area contributed by atoms with Crippen LogP contribution in [0.5, 0.6) is 0 Å². The number of piperidine rings is 1. The van der Waals surface area contributed by atoms with Crippen molar-refractivity contribution in [3.8, 4) is 0 Å². The summed E-state index contributed by atoms with van der Waals surface area (Å²) < 4.78 is 17.6. The topological polar surface area (TPSA) is 55.3 Å². The van der Waals surface area contributed by atoms with Gasteiger partial charge in [0.2, 0.25) is 0 Å². The summed E-state index contributed by atoms with van der Waals surface area (Å²) in [6.07, 6.45) is 6.57. The molecule has 2 aliphatic rings. The summed E-state index contributed by atoms with van der Waals surface area (Å²) in [5.74, 6) is 0.969. The fourth-order valence-corrected chi connectivity index (χ4v) is 3.95. The summed E-state index contributed by atoms with van der Waals surface area (Å²) in [4.78, 5) is 6.82. The zero-order valence-electron chi connectivity index (χ0n) is 18.9. The Labute approximate surface area is 182 Å². The normalized spacial score (nSPS) is 21.3. The lowest BCUT2D eigenvalue weighted by atomic mass is 10.1. The largest absolute Gasteiger partial charge is 0.376 e. The molecule has 2 fully saturated rings. The zero-order chi connectivity index (χ0) is 21.2. The third-order valence-corrected chi connectivity index (χ3v) is 5.80. The molecule has 2 aliphatic heterocycles. The van der Waals surface area contributed by atoms with Gasteiger partial charge in [-0.05, 0) is 57.1 Å². The van der Waals surface area contributed by atoms with Crippen molar-refractivity contribution in [2.45, 2.75) is 77.4 Å². The fraction of sp³-hybridized carbons (Fsp3) is 0.708. The molecule has 1 atom stereocenters. The highest BCUT2D eigenvalue weighted by Gasteiger charge is 2.23. The summed E-state index contributed by atoms with van der Waals surface area (Å²) >= 11 is 0. The van der Waals surface area contributed by atoms with Crippen molar-refractivity contribution in [1.82, 2.24) is 10.2 Å². The average Bonchev–Trinajstić information content (AvgIpc) is 2.79. The first kappa shape index (κ1) is 23.0. The maximum Gasteiger partial charge on any atom is 0.193 e. The zero-order valence-corrected chi connectivity index (χ0v) is 18.9. The van der Waals surface area contributed by atoms with E-state index >= 15 is 0 Å². The minimum absolute atomic E-state index is 0.254. The van der Waals surface area contributed by atoms with E-state index in [-0.39, 0.29) is 6.10 Å². The lowest BCUT2D eigenvalue weighted by molar-refractivity contribution is -0.0721. The van der Waals surface area contributed by atoms with Gasteiger partial charge in [0, 0.05) is 33.3 Å². The van der Waals surface area contributed by atoms with Gasteiger partial charge in [-0.25, -0.2) is 0 Å². The molecule has 0 amide bonds. The van der Waals surface area contributed by atoms with Crippen LogP contribution in [0.3, 0.4) is 0 Å². The van der Waals surface area contributed by atoms with Gasteiger partial charge < -0.3 is 24.4 Å². The van der Waals surface area contributed by atoms with Gasteiger partial charge in [-0.2, -0.15) is 0 Å². The van der Waals surface area contributed by atoms with Gasteiger partial charge in [-0.3, -0.25) is 4.99 Å². The van der Waals surface area contributed by atoms with Gasteiger partial charge in [-0.1, -0.05) is 24.3 Å². The third kappa shape index (κ3) is 7.56. The maximum absolute atomic E-state index is 6.14. The van der Waals surface area contributed by atoms with E-state index in [0.29, 0.717) is 18.8 Å². The number of nitrogens with one attached hydrogen (secondary N) is 1. The Morgan fingerprint density at radius 1 is 1.13 bits per heavy atom. The van der Waals surface area contributed by atoms with Gasteiger partial charge in [0.25, 0.3) is 0 Å². The van der Waals surface area contributed by atoms with Crippen LogP contribution in [-0.2, 0) is 27.4 Å². The Balaban J connectivity index is 1.37. The first-order valence-electron chi connectivity index (χ1n) is 11.5. The summed E-state index contributed by atoms with van der Waals surface area (Å²) in [5.41, 5.74) is 2.45. The molecule has 30 heavy (non-hydrogen) atoms. The number of aliphatic imine (C=N–C) groups is 1. The van der Waals surface area contributed by atoms with Crippen LogP contribution in [0.1, 0.15) is 57.1 Å². The molecule has 1 unspecified atom stereocenters. The van der Waals surface area contributed by atoms with Crippen molar-refractivity contribution in [3.05, 3.63) is 35.4 Å². The number of likely N-dealkylation sites (tertiary alicyclic amines) is 1. The van der Waals surface area contributed by atoms with Crippen LogP contribution in [0.25, 0.3) is 0 Å². The van der Waals surface area contributed by atoms with Gasteiger partial charge in [0.15, 0.2) is 5.96 Å². The van der Waals surface area contributed by atoms with Crippen molar-refractivity contribution in [2.24, 2.45) is 4.99 Å². The molecule has 1 aromatic rings. The predicted octanol–water partition coefficient (Wildman–Crippen LogP) is 3.74. The number of hydrogen-bond donors (Lipinski definition) is 1. The SMILES string of the molecule is CN=C(NCc1ccc(COC(C)C)cc1)N1CCC(OCC2CCCCO2)CC1. The second kappa shape index (κ2) is 12.3. The van der Waals surface area contributed by atoms with Crippen molar-refractivity contribution in [3.63, 3.8) is 0 Å². The van der Waals surface area contributed by atoms with Crippen LogP contribution >= 0.6 is 0 Å². The Kier molecular flexibility index (Phi) is 9.43. The van der Waals surface area contributed by atoms with Crippen molar-refractivity contribution >= 4 is 5.96 Å². The van der Waals surface area contributed by atoms with Crippen molar-refractivity contribution < 1.29 is 14.2 Å². The number of hydrogen-bond acceptors (Lipinski definition) is 4. The first-order chi connectivity index (χ1) is 14.6. The molecule has 0 radical (unpaired) electrons.